The Morgan fingerprint density at radius 3 is 2.47 bits per heavy atom. The molecule has 1 unspecified atom stereocenters. The summed E-state index contributed by atoms with van der Waals surface area (Å²) in [7, 11) is 0. The molecular weight excluding hydrogens is 461 g/mol. The Bertz CT molecular complexity index is 1040. The van der Waals surface area contributed by atoms with Crippen molar-refractivity contribution in [2.45, 2.75) is 25.8 Å². The summed E-state index contributed by atoms with van der Waals surface area (Å²) < 4.78 is 5.34. The number of urea groups is 2. The minimum atomic E-state index is -0.730. The lowest BCUT2D eigenvalue weighted by Crippen LogP contribution is -2.44. The number of rotatable bonds is 2. The molecule has 2 aromatic rings. The number of nitrogens with two attached hydrogens (primary N) is 1. The zero-order valence-corrected chi connectivity index (χ0v) is 18.6. The molecule has 13 heteroatoms. The van der Waals surface area contributed by atoms with E-state index >= 15 is 0 Å². The van der Waals surface area contributed by atoms with Crippen LogP contribution in [0.2, 0.25) is 10.0 Å². The highest BCUT2D eigenvalue weighted by molar-refractivity contribution is 6.42. The molecule has 4 rings (SSSR count). The van der Waals surface area contributed by atoms with Crippen molar-refractivity contribution < 1.29 is 18.8 Å². The number of aromatic nitrogens is 2. The third-order valence-corrected chi connectivity index (χ3v) is 5.38. The number of anilines is 1. The summed E-state index contributed by atoms with van der Waals surface area (Å²) in [4.78, 5) is 41.1. The van der Waals surface area contributed by atoms with E-state index in [4.69, 9.17) is 33.4 Å². The number of amides is 5. The summed E-state index contributed by atoms with van der Waals surface area (Å²) in [6.45, 7) is 3.13. The van der Waals surface area contributed by atoms with E-state index in [0.717, 1.165) is 25.9 Å². The van der Waals surface area contributed by atoms with Crippen molar-refractivity contribution in [1.82, 2.24) is 20.0 Å². The fourth-order valence-corrected chi connectivity index (χ4v) is 3.35. The molecule has 0 bridgehead atoms. The predicted octanol–water partition coefficient (Wildman–Crippen LogP) is 3.03. The molecule has 0 aliphatic carbocycles. The van der Waals surface area contributed by atoms with Crippen LogP contribution in [-0.2, 0) is 4.79 Å². The van der Waals surface area contributed by atoms with Gasteiger partial charge in [0.2, 0.25) is 11.8 Å². The van der Waals surface area contributed by atoms with Crippen molar-refractivity contribution in [3.63, 3.8) is 0 Å². The summed E-state index contributed by atoms with van der Waals surface area (Å²) in [5.41, 5.74) is 5.42. The molecule has 3 heterocycles. The van der Waals surface area contributed by atoms with Crippen LogP contribution in [0.15, 0.2) is 27.6 Å². The van der Waals surface area contributed by atoms with Gasteiger partial charge in [0.1, 0.15) is 12.6 Å². The molecule has 0 radical (unpaired) electrons. The SMILES string of the molecule is Cc1nnc(C2C=NC(=O)CN2C(=O)Nc2ccc(Cl)c(Cl)c2)o1.NC(=O)N1CCCC1. The second-order valence-corrected chi connectivity index (χ2v) is 7.81. The molecule has 1 fully saturated rings. The normalized spacial score (nSPS) is 17.7. The molecule has 1 aromatic heterocycles. The first-order valence-corrected chi connectivity index (χ1v) is 10.4. The number of hydrogen-bond acceptors (Lipinski definition) is 6. The van der Waals surface area contributed by atoms with E-state index in [2.05, 4.69) is 20.5 Å². The number of aryl methyl sites for hydroxylation is 1. The van der Waals surface area contributed by atoms with E-state index in [9.17, 15) is 14.4 Å². The van der Waals surface area contributed by atoms with Crippen molar-refractivity contribution in [2.24, 2.45) is 10.7 Å². The molecule has 3 N–H and O–H groups in total. The van der Waals surface area contributed by atoms with Gasteiger partial charge in [-0.1, -0.05) is 23.2 Å². The Kier molecular flexibility index (Phi) is 7.65. The highest BCUT2D eigenvalue weighted by Gasteiger charge is 2.33. The van der Waals surface area contributed by atoms with Crippen LogP contribution in [0.1, 0.15) is 30.7 Å². The van der Waals surface area contributed by atoms with Crippen molar-refractivity contribution in [2.75, 3.05) is 25.0 Å². The van der Waals surface area contributed by atoms with E-state index in [0.29, 0.717) is 21.6 Å². The van der Waals surface area contributed by atoms with Crippen LogP contribution < -0.4 is 11.1 Å². The lowest BCUT2D eigenvalue weighted by atomic mass is 10.2. The largest absolute Gasteiger partial charge is 0.423 e. The third kappa shape index (κ3) is 5.95. The van der Waals surface area contributed by atoms with Crippen molar-refractivity contribution in [3.8, 4) is 0 Å². The number of aliphatic imine (C=N–C) groups is 1. The van der Waals surface area contributed by atoms with E-state index in [1.54, 1.807) is 24.0 Å². The predicted molar refractivity (Wildman–Crippen MR) is 118 cm³/mol. The van der Waals surface area contributed by atoms with Gasteiger partial charge in [0, 0.05) is 31.9 Å². The Hall–Kier alpha value is -3.18. The van der Waals surface area contributed by atoms with Gasteiger partial charge in [-0.3, -0.25) is 9.69 Å². The van der Waals surface area contributed by atoms with Crippen molar-refractivity contribution in [3.05, 3.63) is 40.0 Å². The molecule has 2 aliphatic heterocycles. The van der Waals surface area contributed by atoms with Crippen molar-refractivity contribution >= 4 is 53.1 Å². The standard InChI is InChI=1S/C14H11Cl2N5O3.C5H10N2O/c1-7-19-20-13(24-7)11-5-17-12(22)6-21(11)14(23)18-8-2-3-9(15)10(16)4-8;6-5(8)7-3-1-2-4-7/h2-5,11H,6H2,1H3,(H,18,23);1-4H2,(H2,6,8). The first kappa shape index (κ1) is 23.5. The average molecular weight is 482 g/mol. The number of likely N-dealkylation sites (tertiary alicyclic amines) is 1. The highest BCUT2D eigenvalue weighted by atomic mass is 35.5. The van der Waals surface area contributed by atoms with Gasteiger partial charge in [0.05, 0.1) is 10.0 Å². The first-order chi connectivity index (χ1) is 15.2. The van der Waals surface area contributed by atoms with Crippen LogP contribution in [-0.4, -0.2) is 63.8 Å². The number of carbonyl (C=O) groups is 3. The van der Waals surface area contributed by atoms with E-state index in [1.807, 2.05) is 0 Å². The molecule has 1 saturated heterocycles. The van der Waals surface area contributed by atoms with Gasteiger partial charge < -0.3 is 20.4 Å². The number of halogens is 2. The molecule has 1 atom stereocenters. The lowest BCUT2D eigenvalue weighted by Gasteiger charge is -2.28. The summed E-state index contributed by atoms with van der Waals surface area (Å²) >= 11 is 11.8. The second kappa shape index (κ2) is 10.4. The Morgan fingerprint density at radius 2 is 1.91 bits per heavy atom. The summed E-state index contributed by atoms with van der Waals surface area (Å²) in [6, 6.07) is 3.12. The molecule has 0 saturated carbocycles. The van der Waals surface area contributed by atoms with Gasteiger partial charge in [0.15, 0.2) is 0 Å². The Labute approximate surface area is 193 Å². The van der Waals surface area contributed by atoms with Crippen LogP contribution in [0.25, 0.3) is 0 Å². The maximum atomic E-state index is 12.5. The van der Waals surface area contributed by atoms with Crippen LogP contribution in [0.5, 0.6) is 0 Å². The molecule has 11 nitrogen and oxygen atoms in total. The number of hydrogen-bond donors (Lipinski definition) is 2. The monoisotopic (exact) mass is 481 g/mol. The zero-order valence-electron chi connectivity index (χ0n) is 17.1. The topological polar surface area (TPSA) is 147 Å². The summed E-state index contributed by atoms with van der Waals surface area (Å²) in [6.07, 6.45) is 3.53. The van der Waals surface area contributed by atoms with Crippen molar-refractivity contribution in [1.29, 1.82) is 0 Å². The number of carbonyl (C=O) groups excluding carboxylic acids is 3. The average Bonchev–Trinajstić information content (AvgIpc) is 3.43. The number of nitrogens with zero attached hydrogens (tertiary/aromatic N) is 5. The quantitative estimate of drug-likeness (QED) is 0.673. The van der Waals surface area contributed by atoms with Crippen LogP contribution in [0.4, 0.5) is 15.3 Å². The van der Waals surface area contributed by atoms with Gasteiger partial charge in [-0.15, -0.1) is 10.2 Å². The van der Waals surface area contributed by atoms with Gasteiger partial charge >= 0.3 is 12.1 Å². The van der Waals surface area contributed by atoms with E-state index in [-0.39, 0.29) is 18.5 Å². The number of nitrogens with one attached hydrogen (secondary N) is 1. The van der Waals surface area contributed by atoms with Crippen LogP contribution in [0.3, 0.4) is 0 Å². The maximum Gasteiger partial charge on any atom is 0.323 e. The van der Waals surface area contributed by atoms with Gasteiger partial charge in [0.25, 0.3) is 5.91 Å². The third-order valence-electron chi connectivity index (χ3n) is 4.65. The molecule has 1 aromatic carbocycles. The molecule has 2 aliphatic rings. The fraction of sp³-hybridized carbons (Fsp3) is 0.368. The maximum absolute atomic E-state index is 12.5. The molecule has 0 spiro atoms. The second-order valence-electron chi connectivity index (χ2n) is 7.00. The zero-order chi connectivity index (χ0) is 23.3. The Morgan fingerprint density at radius 1 is 1.19 bits per heavy atom. The molecule has 170 valence electrons. The first-order valence-electron chi connectivity index (χ1n) is 9.68. The Balaban J connectivity index is 0.000000305. The van der Waals surface area contributed by atoms with Gasteiger partial charge in [-0.25, -0.2) is 14.6 Å². The molecular formula is C19H21Cl2N7O4. The minimum Gasteiger partial charge on any atom is -0.423 e. The number of primary amides is 1. The smallest absolute Gasteiger partial charge is 0.323 e. The van der Waals surface area contributed by atoms with Gasteiger partial charge in [-0.2, -0.15) is 0 Å². The van der Waals surface area contributed by atoms with E-state index < -0.39 is 18.0 Å². The number of benzene rings is 1. The summed E-state index contributed by atoms with van der Waals surface area (Å²) in [5.74, 6) is 0.0694. The molecule has 32 heavy (non-hydrogen) atoms. The molecule has 5 amide bonds. The minimum absolute atomic E-state index is 0.174. The van der Waals surface area contributed by atoms with E-state index in [1.165, 1.54) is 17.2 Å². The fourth-order valence-electron chi connectivity index (χ4n) is 3.05. The van der Waals surface area contributed by atoms with Gasteiger partial charge in [-0.05, 0) is 31.0 Å². The summed E-state index contributed by atoms with van der Waals surface area (Å²) in [5, 5.41) is 10.9. The highest BCUT2D eigenvalue weighted by Crippen LogP contribution is 2.26. The van der Waals surface area contributed by atoms with Crippen LogP contribution >= 0.6 is 23.2 Å². The lowest BCUT2D eigenvalue weighted by molar-refractivity contribution is -0.119. The van der Waals surface area contributed by atoms with Crippen LogP contribution in [0, 0.1) is 6.92 Å².